The molecule has 1 atom stereocenters. The average molecular weight is 305 g/mol. The third-order valence-corrected chi connectivity index (χ3v) is 3.92. The Hall–Kier alpha value is -1.79. The van der Waals surface area contributed by atoms with Gasteiger partial charge in [-0.15, -0.1) is 16.8 Å². The summed E-state index contributed by atoms with van der Waals surface area (Å²) >= 11 is 1.46. The van der Waals surface area contributed by atoms with Crippen molar-refractivity contribution >= 4 is 11.8 Å². The second-order valence-corrected chi connectivity index (χ2v) is 5.51. The molecule has 1 aromatic carbocycles. The summed E-state index contributed by atoms with van der Waals surface area (Å²) in [6.45, 7) is 6.54. The van der Waals surface area contributed by atoms with E-state index in [9.17, 15) is 5.11 Å². The van der Waals surface area contributed by atoms with E-state index in [2.05, 4.69) is 16.8 Å². The van der Waals surface area contributed by atoms with Gasteiger partial charge in [-0.25, -0.2) is 0 Å². The Balaban J connectivity index is 1.81. The number of aliphatic hydroxyl groups excluding tert-OH is 1. The Kier molecular flexibility index (Phi) is 5.83. The standard InChI is InChI=1S/C15H19N3O2S/c1-3-9-18-12(2)16-17-15(18)21-11-13(19)10-20-14-7-5-4-6-8-14/h3-8,13,19H,1,9-11H2,2H3. The zero-order valence-electron chi connectivity index (χ0n) is 12.0. The summed E-state index contributed by atoms with van der Waals surface area (Å²) in [6.07, 6.45) is 1.24. The summed E-state index contributed by atoms with van der Waals surface area (Å²) in [6, 6.07) is 9.45. The van der Waals surface area contributed by atoms with E-state index in [0.717, 1.165) is 16.7 Å². The van der Waals surface area contributed by atoms with Crippen LogP contribution in [0.2, 0.25) is 0 Å². The Morgan fingerprint density at radius 2 is 2.14 bits per heavy atom. The van der Waals surface area contributed by atoms with E-state index in [1.807, 2.05) is 41.8 Å². The summed E-state index contributed by atoms with van der Waals surface area (Å²) in [4.78, 5) is 0. The van der Waals surface area contributed by atoms with Gasteiger partial charge in [0.15, 0.2) is 5.16 Å². The monoisotopic (exact) mass is 305 g/mol. The molecule has 0 amide bonds. The molecule has 1 heterocycles. The fourth-order valence-electron chi connectivity index (χ4n) is 1.74. The quantitative estimate of drug-likeness (QED) is 0.599. The van der Waals surface area contributed by atoms with Gasteiger partial charge >= 0.3 is 0 Å². The first-order chi connectivity index (χ1) is 10.2. The molecule has 0 fully saturated rings. The van der Waals surface area contributed by atoms with E-state index in [1.165, 1.54) is 11.8 Å². The molecule has 0 spiro atoms. The number of ether oxygens (including phenoxy) is 1. The van der Waals surface area contributed by atoms with Gasteiger partial charge in [0.25, 0.3) is 0 Å². The predicted octanol–water partition coefficient (Wildman–Crippen LogP) is 2.30. The summed E-state index contributed by atoms with van der Waals surface area (Å²) < 4.78 is 7.48. The van der Waals surface area contributed by atoms with E-state index >= 15 is 0 Å². The fourth-order valence-corrected chi connectivity index (χ4v) is 2.63. The topological polar surface area (TPSA) is 60.2 Å². The molecule has 112 valence electrons. The largest absolute Gasteiger partial charge is 0.491 e. The van der Waals surface area contributed by atoms with Gasteiger partial charge in [-0.1, -0.05) is 36.0 Å². The maximum absolute atomic E-state index is 9.98. The van der Waals surface area contributed by atoms with Crippen LogP contribution >= 0.6 is 11.8 Å². The Morgan fingerprint density at radius 3 is 2.86 bits per heavy atom. The van der Waals surface area contributed by atoms with Crippen LogP contribution in [0.3, 0.4) is 0 Å². The molecule has 1 unspecified atom stereocenters. The summed E-state index contributed by atoms with van der Waals surface area (Å²) in [7, 11) is 0. The van der Waals surface area contributed by atoms with Crippen LogP contribution in [-0.2, 0) is 6.54 Å². The maximum atomic E-state index is 9.98. The first-order valence-electron chi connectivity index (χ1n) is 6.70. The van der Waals surface area contributed by atoms with E-state index in [0.29, 0.717) is 12.3 Å². The number of para-hydroxylation sites is 1. The van der Waals surface area contributed by atoms with Crippen molar-refractivity contribution in [1.29, 1.82) is 0 Å². The molecule has 0 saturated heterocycles. The molecular weight excluding hydrogens is 286 g/mol. The number of rotatable bonds is 8. The third-order valence-electron chi connectivity index (χ3n) is 2.80. The van der Waals surface area contributed by atoms with E-state index in [4.69, 9.17) is 4.74 Å². The smallest absolute Gasteiger partial charge is 0.191 e. The van der Waals surface area contributed by atoms with Gasteiger partial charge in [0, 0.05) is 12.3 Å². The van der Waals surface area contributed by atoms with Crippen molar-refractivity contribution in [3.8, 4) is 5.75 Å². The summed E-state index contributed by atoms with van der Waals surface area (Å²) in [5, 5.41) is 18.9. The highest BCUT2D eigenvalue weighted by molar-refractivity contribution is 7.99. The van der Waals surface area contributed by atoms with Crippen molar-refractivity contribution in [2.24, 2.45) is 0 Å². The lowest BCUT2D eigenvalue weighted by Crippen LogP contribution is -2.20. The van der Waals surface area contributed by atoms with Crippen LogP contribution in [0, 0.1) is 6.92 Å². The van der Waals surface area contributed by atoms with Gasteiger partial charge in [-0.2, -0.15) is 0 Å². The number of aryl methyl sites for hydroxylation is 1. The van der Waals surface area contributed by atoms with Gasteiger partial charge < -0.3 is 14.4 Å². The lowest BCUT2D eigenvalue weighted by atomic mass is 10.3. The number of hydrogen-bond donors (Lipinski definition) is 1. The molecule has 2 rings (SSSR count). The minimum Gasteiger partial charge on any atom is -0.491 e. The number of nitrogens with zero attached hydrogens (tertiary/aromatic N) is 3. The maximum Gasteiger partial charge on any atom is 0.191 e. The van der Waals surface area contributed by atoms with Crippen LogP contribution in [-0.4, -0.2) is 38.3 Å². The van der Waals surface area contributed by atoms with Crippen LogP contribution in [0.25, 0.3) is 0 Å². The number of hydrogen-bond acceptors (Lipinski definition) is 5. The minimum absolute atomic E-state index is 0.256. The number of thioether (sulfide) groups is 1. The first kappa shape index (κ1) is 15.6. The molecule has 21 heavy (non-hydrogen) atoms. The van der Waals surface area contributed by atoms with E-state index in [1.54, 1.807) is 6.08 Å². The van der Waals surface area contributed by atoms with Crippen molar-refractivity contribution in [1.82, 2.24) is 14.8 Å². The van der Waals surface area contributed by atoms with Crippen molar-refractivity contribution in [2.75, 3.05) is 12.4 Å². The molecule has 0 aliphatic rings. The van der Waals surface area contributed by atoms with Crippen molar-refractivity contribution in [3.05, 3.63) is 48.8 Å². The van der Waals surface area contributed by atoms with Crippen molar-refractivity contribution in [2.45, 2.75) is 24.7 Å². The molecule has 5 nitrogen and oxygen atoms in total. The van der Waals surface area contributed by atoms with Crippen LogP contribution < -0.4 is 4.74 Å². The molecule has 0 aliphatic heterocycles. The van der Waals surface area contributed by atoms with Crippen molar-refractivity contribution in [3.63, 3.8) is 0 Å². The Morgan fingerprint density at radius 1 is 1.38 bits per heavy atom. The molecular formula is C15H19N3O2S. The molecule has 0 bridgehead atoms. The summed E-state index contributed by atoms with van der Waals surface area (Å²) in [5.41, 5.74) is 0. The number of aliphatic hydroxyl groups is 1. The van der Waals surface area contributed by atoms with Gasteiger partial charge in [-0.05, 0) is 19.1 Å². The molecule has 0 saturated carbocycles. The number of aromatic nitrogens is 3. The third kappa shape index (κ3) is 4.61. The molecule has 1 aromatic heterocycles. The van der Waals surface area contributed by atoms with Gasteiger partial charge in [0.1, 0.15) is 18.2 Å². The zero-order valence-corrected chi connectivity index (χ0v) is 12.8. The van der Waals surface area contributed by atoms with Crippen LogP contribution in [0.1, 0.15) is 5.82 Å². The number of benzene rings is 1. The van der Waals surface area contributed by atoms with E-state index < -0.39 is 6.10 Å². The SMILES string of the molecule is C=CCn1c(C)nnc1SCC(O)COc1ccccc1. The van der Waals surface area contributed by atoms with E-state index in [-0.39, 0.29) is 6.61 Å². The molecule has 6 heteroatoms. The summed E-state index contributed by atoms with van der Waals surface area (Å²) in [5.74, 6) is 2.10. The average Bonchev–Trinajstić information content (AvgIpc) is 2.85. The molecule has 0 aliphatic carbocycles. The molecule has 0 radical (unpaired) electrons. The highest BCUT2D eigenvalue weighted by Gasteiger charge is 2.12. The van der Waals surface area contributed by atoms with Gasteiger partial charge in [0.05, 0.1) is 6.10 Å². The fraction of sp³-hybridized carbons (Fsp3) is 0.333. The lowest BCUT2D eigenvalue weighted by molar-refractivity contribution is 0.126. The van der Waals surface area contributed by atoms with Gasteiger partial charge in [-0.3, -0.25) is 0 Å². The number of allylic oxidation sites excluding steroid dienone is 1. The second-order valence-electron chi connectivity index (χ2n) is 4.52. The molecule has 2 aromatic rings. The minimum atomic E-state index is -0.565. The first-order valence-corrected chi connectivity index (χ1v) is 7.68. The Bertz CT molecular complexity index is 572. The molecule has 1 N–H and O–H groups in total. The normalized spacial score (nSPS) is 12.1. The highest BCUT2D eigenvalue weighted by Crippen LogP contribution is 2.18. The van der Waals surface area contributed by atoms with Crippen LogP contribution in [0.5, 0.6) is 5.75 Å². The van der Waals surface area contributed by atoms with Crippen LogP contribution in [0.4, 0.5) is 0 Å². The van der Waals surface area contributed by atoms with Crippen LogP contribution in [0.15, 0.2) is 48.1 Å². The highest BCUT2D eigenvalue weighted by atomic mass is 32.2. The zero-order chi connectivity index (χ0) is 15.1. The lowest BCUT2D eigenvalue weighted by Gasteiger charge is -2.12. The van der Waals surface area contributed by atoms with Gasteiger partial charge in [0.2, 0.25) is 0 Å². The predicted molar refractivity (Wildman–Crippen MR) is 83.6 cm³/mol. The van der Waals surface area contributed by atoms with Crippen molar-refractivity contribution < 1.29 is 9.84 Å². The Labute approximate surface area is 128 Å². The second kappa shape index (κ2) is 7.85.